The van der Waals surface area contributed by atoms with Gasteiger partial charge in [0.05, 0.1) is 11.1 Å². The van der Waals surface area contributed by atoms with Crippen LogP contribution in [0.15, 0.2) is 48.8 Å². The molecule has 3 aromatic rings. The Labute approximate surface area is 168 Å². The lowest BCUT2D eigenvalue weighted by Crippen LogP contribution is -2.48. The summed E-state index contributed by atoms with van der Waals surface area (Å²) < 4.78 is 39.9. The first kappa shape index (κ1) is 19.6. The number of piperazine rings is 1. The van der Waals surface area contributed by atoms with E-state index < -0.39 is 11.7 Å². The molecule has 2 aromatic heterocycles. The van der Waals surface area contributed by atoms with Gasteiger partial charge in [-0.05, 0) is 49.2 Å². The molecular formula is C22H23F3N4. The van der Waals surface area contributed by atoms with Gasteiger partial charge in [0.2, 0.25) is 0 Å². The van der Waals surface area contributed by atoms with Gasteiger partial charge in [-0.1, -0.05) is 12.1 Å². The van der Waals surface area contributed by atoms with Gasteiger partial charge < -0.3 is 4.90 Å². The topological polar surface area (TPSA) is 32.3 Å². The highest BCUT2D eigenvalue weighted by atomic mass is 19.4. The van der Waals surface area contributed by atoms with Crippen molar-refractivity contribution in [3.05, 3.63) is 65.5 Å². The van der Waals surface area contributed by atoms with Crippen molar-refractivity contribution in [2.75, 3.05) is 31.1 Å². The number of pyridine rings is 2. The van der Waals surface area contributed by atoms with Crippen molar-refractivity contribution >= 4 is 16.7 Å². The zero-order valence-electron chi connectivity index (χ0n) is 16.4. The average molecular weight is 400 g/mol. The first-order valence-electron chi connectivity index (χ1n) is 9.70. The van der Waals surface area contributed by atoms with Crippen molar-refractivity contribution in [1.82, 2.24) is 14.9 Å². The number of fused-ring (bicyclic) bond motifs is 1. The molecule has 0 bridgehead atoms. The molecule has 0 amide bonds. The monoisotopic (exact) mass is 400 g/mol. The lowest BCUT2D eigenvalue weighted by Gasteiger charge is -2.39. The van der Waals surface area contributed by atoms with Crippen LogP contribution in [-0.2, 0) is 6.18 Å². The summed E-state index contributed by atoms with van der Waals surface area (Å²) >= 11 is 0. The van der Waals surface area contributed by atoms with Crippen LogP contribution in [0.2, 0.25) is 0 Å². The fourth-order valence-corrected chi connectivity index (χ4v) is 3.91. The van der Waals surface area contributed by atoms with Gasteiger partial charge in [0.15, 0.2) is 0 Å². The van der Waals surface area contributed by atoms with Crippen molar-refractivity contribution in [3.63, 3.8) is 0 Å². The van der Waals surface area contributed by atoms with Gasteiger partial charge in [0.25, 0.3) is 0 Å². The predicted octanol–water partition coefficient (Wildman–Crippen LogP) is 4.84. The molecule has 7 heteroatoms. The molecule has 1 aromatic carbocycles. The van der Waals surface area contributed by atoms with Crippen molar-refractivity contribution in [2.45, 2.75) is 26.1 Å². The Hall–Kier alpha value is -2.67. The quantitative estimate of drug-likeness (QED) is 0.630. The van der Waals surface area contributed by atoms with Crippen LogP contribution in [-0.4, -0.2) is 41.0 Å². The third kappa shape index (κ3) is 4.05. The Morgan fingerprint density at radius 1 is 1.00 bits per heavy atom. The smallest absolute Gasteiger partial charge is 0.354 e. The highest BCUT2D eigenvalue weighted by Gasteiger charge is 2.36. The van der Waals surface area contributed by atoms with Crippen LogP contribution in [0.4, 0.5) is 19.0 Å². The first-order valence-corrected chi connectivity index (χ1v) is 9.70. The molecule has 0 radical (unpaired) electrons. The van der Waals surface area contributed by atoms with Gasteiger partial charge in [-0.2, -0.15) is 13.2 Å². The number of nitrogens with zero attached hydrogens (tertiary/aromatic N) is 4. The molecule has 1 aliphatic rings. The van der Waals surface area contributed by atoms with Crippen molar-refractivity contribution < 1.29 is 13.2 Å². The number of hydrogen-bond donors (Lipinski definition) is 0. The summed E-state index contributed by atoms with van der Waals surface area (Å²) in [5, 5.41) is 1.11. The van der Waals surface area contributed by atoms with Crippen LogP contribution in [0.25, 0.3) is 10.9 Å². The van der Waals surface area contributed by atoms with Crippen LogP contribution >= 0.6 is 0 Å². The lowest BCUT2D eigenvalue weighted by atomic mass is 10.0. The summed E-state index contributed by atoms with van der Waals surface area (Å²) in [5.41, 5.74) is 2.58. The lowest BCUT2D eigenvalue weighted by molar-refractivity contribution is -0.137. The zero-order chi connectivity index (χ0) is 20.6. The molecule has 0 spiro atoms. The van der Waals surface area contributed by atoms with E-state index in [0.29, 0.717) is 26.2 Å². The number of anilines is 1. The molecule has 1 fully saturated rings. The first-order chi connectivity index (χ1) is 13.8. The SMILES string of the molecule is Cc1cnc2cc(C(C)N3CCN(c4ncccc4C(F)(F)F)CC3)ccc2c1. The molecule has 0 aliphatic carbocycles. The minimum Gasteiger partial charge on any atom is -0.354 e. The van der Waals surface area contributed by atoms with Gasteiger partial charge >= 0.3 is 6.18 Å². The standard InChI is InChI=1S/C22H23F3N4/c1-15-12-18-6-5-17(13-20(18)27-14-15)16(2)28-8-10-29(11-9-28)21-19(22(23,24)25)4-3-7-26-21/h3-7,12-14,16H,8-11H2,1-2H3. The molecule has 0 N–H and O–H groups in total. The Balaban J connectivity index is 1.48. The van der Waals surface area contributed by atoms with E-state index >= 15 is 0 Å². The van der Waals surface area contributed by atoms with E-state index in [1.165, 1.54) is 12.3 Å². The summed E-state index contributed by atoms with van der Waals surface area (Å²) in [6, 6.07) is 11.0. The van der Waals surface area contributed by atoms with E-state index in [1.54, 1.807) is 4.90 Å². The number of aryl methyl sites for hydroxylation is 1. The second-order valence-corrected chi connectivity index (χ2v) is 7.54. The van der Waals surface area contributed by atoms with Crippen LogP contribution in [0, 0.1) is 6.92 Å². The van der Waals surface area contributed by atoms with Crippen LogP contribution in [0.5, 0.6) is 0 Å². The van der Waals surface area contributed by atoms with Crippen LogP contribution < -0.4 is 4.90 Å². The van der Waals surface area contributed by atoms with Gasteiger partial charge in [0, 0.05) is 50.0 Å². The third-order valence-corrected chi connectivity index (χ3v) is 5.58. The van der Waals surface area contributed by atoms with Crippen LogP contribution in [0.1, 0.15) is 29.7 Å². The summed E-state index contributed by atoms with van der Waals surface area (Å²) in [4.78, 5) is 12.6. The summed E-state index contributed by atoms with van der Waals surface area (Å²) in [6.07, 6.45) is -1.12. The molecule has 1 aliphatic heterocycles. The normalized spacial score (nSPS) is 16.9. The maximum atomic E-state index is 13.3. The van der Waals surface area contributed by atoms with Crippen molar-refractivity contribution in [2.24, 2.45) is 0 Å². The molecule has 0 saturated carbocycles. The fraction of sp³-hybridized carbons (Fsp3) is 0.364. The van der Waals surface area contributed by atoms with Gasteiger partial charge in [-0.25, -0.2) is 4.98 Å². The molecule has 1 unspecified atom stereocenters. The van der Waals surface area contributed by atoms with E-state index in [2.05, 4.69) is 46.1 Å². The number of benzene rings is 1. The Bertz CT molecular complexity index is 1010. The Kier molecular flexibility index (Phi) is 5.17. The number of rotatable bonds is 3. The Morgan fingerprint density at radius 3 is 2.48 bits per heavy atom. The largest absolute Gasteiger partial charge is 0.419 e. The molecule has 29 heavy (non-hydrogen) atoms. The van der Waals surface area contributed by atoms with Gasteiger partial charge in [-0.15, -0.1) is 0 Å². The number of alkyl halides is 3. The zero-order valence-corrected chi connectivity index (χ0v) is 16.4. The second-order valence-electron chi connectivity index (χ2n) is 7.54. The van der Waals surface area contributed by atoms with Gasteiger partial charge in [0.1, 0.15) is 5.82 Å². The highest BCUT2D eigenvalue weighted by Crippen LogP contribution is 2.36. The van der Waals surface area contributed by atoms with E-state index in [0.717, 1.165) is 28.1 Å². The molecular weight excluding hydrogens is 377 g/mol. The molecule has 1 saturated heterocycles. The maximum absolute atomic E-state index is 13.3. The fourth-order valence-electron chi connectivity index (χ4n) is 3.91. The number of hydrogen-bond acceptors (Lipinski definition) is 4. The Morgan fingerprint density at radius 2 is 1.76 bits per heavy atom. The van der Waals surface area contributed by atoms with E-state index in [4.69, 9.17) is 0 Å². The van der Waals surface area contributed by atoms with E-state index in [-0.39, 0.29) is 11.9 Å². The number of aromatic nitrogens is 2. The highest BCUT2D eigenvalue weighted by molar-refractivity contribution is 5.79. The van der Waals surface area contributed by atoms with E-state index in [9.17, 15) is 13.2 Å². The van der Waals surface area contributed by atoms with Crippen molar-refractivity contribution in [1.29, 1.82) is 0 Å². The molecule has 4 rings (SSSR count). The molecule has 152 valence electrons. The second kappa shape index (κ2) is 7.63. The maximum Gasteiger partial charge on any atom is 0.419 e. The summed E-state index contributed by atoms with van der Waals surface area (Å²) in [6.45, 7) is 6.52. The van der Waals surface area contributed by atoms with Crippen LogP contribution in [0.3, 0.4) is 0 Å². The minimum absolute atomic E-state index is 0.0255. The molecule has 3 heterocycles. The van der Waals surface area contributed by atoms with Gasteiger partial charge in [-0.3, -0.25) is 9.88 Å². The molecule has 4 nitrogen and oxygen atoms in total. The molecule has 1 atom stereocenters. The number of halogens is 3. The van der Waals surface area contributed by atoms with E-state index in [1.807, 2.05) is 13.1 Å². The summed E-state index contributed by atoms with van der Waals surface area (Å²) in [7, 11) is 0. The summed E-state index contributed by atoms with van der Waals surface area (Å²) in [5.74, 6) is 0.0255. The van der Waals surface area contributed by atoms with Crippen molar-refractivity contribution in [3.8, 4) is 0 Å². The minimum atomic E-state index is -4.40. The predicted molar refractivity (Wildman–Crippen MR) is 108 cm³/mol. The average Bonchev–Trinajstić information content (AvgIpc) is 2.72. The third-order valence-electron chi connectivity index (χ3n) is 5.58.